The van der Waals surface area contributed by atoms with E-state index in [2.05, 4.69) is 32.8 Å². The third kappa shape index (κ3) is 4.45. The molecule has 3 N–H and O–H groups in total. The van der Waals surface area contributed by atoms with Crippen LogP contribution in [-0.2, 0) is 12.8 Å². The van der Waals surface area contributed by atoms with Crippen molar-refractivity contribution >= 4 is 50.5 Å². The molecule has 2 rings (SSSR count). The van der Waals surface area contributed by atoms with Crippen LogP contribution >= 0.6 is 50.5 Å². The molecule has 102 valence electrons. The lowest BCUT2D eigenvalue weighted by atomic mass is 10.0. The Kier molecular flexibility index (Phi) is 5.69. The molecule has 0 aliphatic carbocycles. The van der Waals surface area contributed by atoms with E-state index in [-0.39, 0.29) is 6.04 Å². The molecule has 0 aliphatic heterocycles. The topological polar surface area (TPSA) is 38.0 Å². The highest BCUT2D eigenvalue weighted by Gasteiger charge is 2.12. The maximum atomic E-state index is 6.18. The van der Waals surface area contributed by atoms with Crippen LogP contribution in [0.2, 0.25) is 10.0 Å². The number of rotatable bonds is 5. The molecular weight excluding hydrogens is 367 g/mol. The van der Waals surface area contributed by atoms with Crippen molar-refractivity contribution < 1.29 is 0 Å². The summed E-state index contributed by atoms with van der Waals surface area (Å²) in [5.74, 6) is 5.63. The summed E-state index contributed by atoms with van der Waals surface area (Å²) in [5, 5.41) is 3.39. The van der Waals surface area contributed by atoms with E-state index in [0.717, 1.165) is 22.9 Å². The van der Waals surface area contributed by atoms with Crippen LogP contribution < -0.4 is 11.3 Å². The van der Waals surface area contributed by atoms with Gasteiger partial charge in [0, 0.05) is 30.8 Å². The van der Waals surface area contributed by atoms with Crippen molar-refractivity contribution in [3.05, 3.63) is 54.6 Å². The minimum absolute atomic E-state index is 0.143. The summed E-state index contributed by atoms with van der Waals surface area (Å²) in [4.78, 5) is 1.28. The number of thiophene rings is 1. The zero-order chi connectivity index (χ0) is 13.8. The van der Waals surface area contributed by atoms with Gasteiger partial charge in [-0.15, -0.1) is 11.3 Å². The lowest BCUT2D eigenvalue weighted by molar-refractivity contribution is 0.526. The smallest absolute Gasteiger partial charge is 0.0453 e. The second-order valence-corrected chi connectivity index (χ2v) is 6.99. The van der Waals surface area contributed by atoms with E-state index in [1.165, 1.54) is 4.88 Å². The first-order valence-electron chi connectivity index (χ1n) is 5.71. The van der Waals surface area contributed by atoms with Crippen LogP contribution in [-0.4, -0.2) is 6.04 Å². The van der Waals surface area contributed by atoms with E-state index in [9.17, 15) is 0 Å². The van der Waals surface area contributed by atoms with Crippen LogP contribution in [0.5, 0.6) is 0 Å². The maximum Gasteiger partial charge on any atom is 0.0453 e. The molecule has 0 aliphatic rings. The van der Waals surface area contributed by atoms with Gasteiger partial charge in [0.2, 0.25) is 0 Å². The van der Waals surface area contributed by atoms with Crippen molar-refractivity contribution in [2.24, 2.45) is 5.84 Å². The Bertz CT molecular complexity index is 559. The van der Waals surface area contributed by atoms with Crippen molar-refractivity contribution in [3.8, 4) is 0 Å². The second-order valence-electron chi connectivity index (χ2n) is 4.24. The molecule has 0 saturated carbocycles. The second kappa shape index (κ2) is 7.07. The summed E-state index contributed by atoms with van der Waals surface area (Å²) in [6.07, 6.45) is 1.63. The zero-order valence-electron chi connectivity index (χ0n) is 10.00. The Balaban J connectivity index is 2.06. The van der Waals surface area contributed by atoms with Crippen molar-refractivity contribution in [2.75, 3.05) is 0 Å². The Morgan fingerprint density at radius 3 is 2.63 bits per heavy atom. The lowest BCUT2D eigenvalue weighted by Gasteiger charge is -2.16. The van der Waals surface area contributed by atoms with Crippen LogP contribution in [0, 0.1) is 0 Å². The third-order valence-electron chi connectivity index (χ3n) is 2.79. The molecule has 1 heterocycles. The number of benzene rings is 1. The summed E-state index contributed by atoms with van der Waals surface area (Å²) in [6, 6.07) is 7.80. The average Bonchev–Trinajstić information content (AvgIpc) is 2.77. The molecule has 0 amide bonds. The normalized spacial score (nSPS) is 12.6. The maximum absolute atomic E-state index is 6.18. The van der Waals surface area contributed by atoms with E-state index < -0.39 is 0 Å². The summed E-state index contributed by atoms with van der Waals surface area (Å²) in [5.41, 5.74) is 3.90. The minimum Gasteiger partial charge on any atom is -0.271 e. The molecule has 2 aromatic rings. The highest BCUT2D eigenvalue weighted by molar-refractivity contribution is 9.10. The SMILES string of the molecule is NNC(Cc1cc(Br)cs1)Cc1ccc(Cl)cc1Cl. The predicted molar refractivity (Wildman–Crippen MR) is 87.0 cm³/mol. The quantitative estimate of drug-likeness (QED) is 0.595. The fourth-order valence-electron chi connectivity index (χ4n) is 1.85. The molecule has 1 aromatic heterocycles. The van der Waals surface area contributed by atoms with Crippen LogP contribution in [0.1, 0.15) is 10.4 Å². The first kappa shape index (κ1) is 15.3. The van der Waals surface area contributed by atoms with Crippen LogP contribution in [0.3, 0.4) is 0 Å². The van der Waals surface area contributed by atoms with Crippen molar-refractivity contribution in [3.63, 3.8) is 0 Å². The lowest BCUT2D eigenvalue weighted by Crippen LogP contribution is -2.38. The minimum atomic E-state index is 0.143. The number of nitrogens with one attached hydrogen (secondary N) is 1. The molecule has 0 radical (unpaired) electrons. The Hall–Kier alpha value is -0.100. The summed E-state index contributed by atoms with van der Waals surface area (Å²) in [7, 11) is 0. The number of hydrogen-bond acceptors (Lipinski definition) is 3. The van der Waals surface area contributed by atoms with E-state index >= 15 is 0 Å². The molecule has 1 aromatic carbocycles. The molecule has 0 spiro atoms. The van der Waals surface area contributed by atoms with Gasteiger partial charge in [-0.3, -0.25) is 11.3 Å². The third-order valence-corrected chi connectivity index (χ3v) is 5.09. The van der Waals surface area contributed by atoms with Crippen LogP contribution in [0.4, 0.5) is 0 Å². The molecule has 19 heavy (non-hydrogen) atoms. The van der Waals surface area contributed by atoms with Gasteiger partial charge in [0.05, 0.1) is 0 Å². The summed E-state index contributed by atoms with van der Waals surface area (Å²) >= 11 is 17.2. The Morgan fingerprint density at radius 2 is 2.05 bits per heavy atom. The predicted octanol–water partition coefficient (Wildman–Crippen LogP) is 4.43. The van der Waals surface area contributed by atoms with Gasteiger partial charge in [-0.25, -0.2) is 0 Å². The standard InChI is InChI=1S/C13H13BrCl2N2S/c14-9-4-12(19-7-9)6-11(18-17)3-8-1-2-10(15)5-13(8)16/h1-2,4-5,7,11,18H,3,6,17H2. The number of hydrogen-bond donors (Lipinski definition) is 2. The van der Waals surface area contributed by atoms with Gasteiger partial charge in [-0.2, -0.15) is 0 Å². The van der Waals surface area contributed by atoms with Crippen LogP contribution in [0.25, 0.3) is 0 Å². The first-order valence-corrected chi connectivity index (χ1v) is 8.14. The fourth-order valence-corrected chi connectivity index (χ4v) is 3.86. The highest BCUT2D eigenvalue weighted by atomic mass is 79.9. The Labute approximate surface area is 135 Å². The van der Waals surface area contributed by atoms with Crippen LogP contribution in [0.15, 0.2) is 34.1 Å². The van der Waals surface area contributed by atoms with Gasteiger partial charge >= 0.3 is 0 Å². The Morgan fingerprint density at radius 1 is 1.26 bits per heavy atom. The number of hydrazine groups is 1. The molecule has 0 bridgehead atoms. The van der Waals surface area contributed by atoms with E-state index in [4.69, 9.17) is 29.0 Å². The zero-order valence-corrected chi connectivity index (χ0v) is 13.9. The fraction of sp³-hybridized carbons (Fsp3) is 0.231. The average molecular weight is 380 g/mol. The van der Waals surface area contributed by atoms with Gasteiger partial charge in [0.15, 0.2) is 0 Å². The first-order chi connectivity index (χ1) is 9.08. The number of nitrogens with two attached hydrogens (primary N) is 1. The number of halogens is 3. The molecule has 2 nitrogen and oxygen atoms in total. The van der Waals surface area contributed by atoms with Gasteiger partial charge in [-0.05, 0) is 52.5 Å². The van der Waals surface area contributed by atoms with E-state index in [0.29, 0.717) is 10.0 Å². The highest BCUT2D eigenvalue weighted by Crippen LogP contribution is 2.24. The van der Waals surface area contributed by atoms with Gasteiger partial charge in [0.25, 0.3) is 0 Å². The van der Waals surface area contributed by atoms with Gasteiger partial charge < -0.3 is 0 Å². The van der Waals surface area contributed by atoms with Gasteiger partial charge in [0.1, 0.15) is 0 Å². The molecule has 1 atom stereocenters. The molecule has 1 unspecified atom stereocenters. The summed E-state index contributed by atoms with van der Waals surface area (Å²) in [6.45, 7) is 0. The molecular formula is C13H13BrCl2N2S. The monoisotopic (exact) mass is 378 g/mol. The van der Waals surface area contributed by atoms with Crippen molar-refractivity contribution in [2.45, 2.75) is 18.9 Å². The van der Waals surface area contributed by atoms with E-state index in [1.807, 2.05) is 12.1 Å². The molecule has 0 fully saturated rings. The molecule has 0 saturated heterocycles. The van der Waals surface area contributed by atoms with E-state index in [1.54, 1.807) is 17.4 Å². The summed E-state index contributed by atoms with van der Waals surface area (Å²) < 4.78 is 1.10. The van der Waals surface area contributed by atoms with Gasteiger partial charge in [-0.1, -0.05) is 29.3 Å². The largest absolute Gasteiger partial charge is 0.271 e. The van der Waals surface area contributed by atoms with Crippen molar-refractivity contribution in [1.82, 2.24) is 5.43 Å². The molecule has 6 heteroatoms. The van der Waals surface area contributed by atoms with Crippen molar-refractivity contribution in [1.29, 1.82) is 0 Å².